The van der Waals surface area contributed by atoms with Gasteiger partial charge in [-0.3, -0.25) is 0 Å². The number of anilines is 3. The molecule has 156 valence electrons. The highest BCUT2D eigenvalue weighted by Gasteiger charge is 2.36. The van der Waals surface area contributed by atoms with Gasteiger partial charge in [0.25, 0.3) is 0 Å². The molecule has 4 heteroatoms. The Balaban J connectivity index is 1.57. The second-order valence-electron chi connectivity index (χ2n) is 8.65. The summed E-state index contributed by atoms with van der Waals surface area (Å²) in [7, 11) is 0. The zero-order chi connectivity index (χ0) is 21.9. The second-order valence-corrected chi connectivity index (χ2v) is 9.50. The molecule has 1 aromatic heterocycles. The molecule has 0 spiro atoms. The molecule has 0 saturated carbocycles. The molecule has 6 rings (SSSR count). The van der Waals surface area contributed by atoms with Crippen LogP contribution < -0.4 is 4.90 Å². The fourth-order valence-corrected chi connectivity index (χ4v) is 5.17. The molecule has 1 aliphatic rings. The van der Waals surface area contributed by atoms with Crippen LogP contribution in [-0.4, -0.2) is 4.98 Å². The van der Waals surface area contributed by atoms with Gasteiger partial charge in [0, 0.05) is 15.6 Å². The van der Waals surface area contributed by atoms with Crippen LogP contribution in [0, 0.1) is 0 Å². The summed E-state index contributed by atoms with van der Waals surface area (Å²) >= 11 is 3.71. The third-order valence-corrected chi connectivity index (χ3v) is 7.06. The summed E-state index contributed by atoms with van der Waals surface area (Å²) in [4.78, 5) is 7.07. The maximum atomic E-state index is 6.09. The molecule has 5 aromatic rings. The molecule has 0 radical (unpaired) electrons. The highest BCUT2D eigenvalue weighted by atomic mass is 79.9. The summed E-state index contributed by atoms with van der Waals surface area (Å²) < 4.78 is 7.04. The predicted molar refractivity (Wildman–Crippen MR) is 134 cm³/mol. The fourth-order valence-electron chi connectivity index (χ4n) is 4.75. The first kappa shape index (κ1) is 19.3. The number of hydrogen-bond acceptors (Lipinski definition) is 3. The maximum Gasteiger partial charge on any atom is 0.228 e. The average Bonchev–Trinajstić information content (AvgIpc) is 3.24. The van der Waals surface area contributed by atoms with E-state index in [2.05, 4.69) is 101 Å². The Morgan fingerprint density at radius 2 is 1.41 bits per heavy atom. The zero-order valence-corrected chi connectivity index (χ0v) is 19.4. The van der Waals surface area contributed by atoms with E-state index in [1.165, 1.54) is 22.5 Å². The van der Waals surface area contributed by atoms with Crippen LogP contribution in [0.2, 0.25) is 0 Å². The number of nitrogens with zero attached hydrogens (tertiary/aromatic N) is 2. The van der Waals surface area contributed by atoms with Crippen molar-refractivity contribution < 1.29 is 4.42 Å². The summed E-state index contributed by atoms with van der Waals surface area (Å²) in [6, 6.07) is 31.6. The maximum absolute atomic E-state index is 6.09. The number of oxazole rings is 1. The van der Waals surface area contributed by atoms with Gasteiger partial charge in [-0.25, -0.2) is 4.98 Å². The zero-order valence-electron chi connectivity index (χ0n) is 17.8. The number of fused-ring (bicyclic) bond motifs is 3. The monoisotopic (exact) mass is 480 g/mol. The Bertz CT molecular complexity index is 1400. The van der Waals surface area contributed by atoms with Crippen LogP contribution in [0.15, 0.2) is 99.9 Å². The van der Waals surface area contributed by atoms with Crippen molar-refractivity contribution in [2.24, 2.45) is 0 Å². The Morgan fingerprint density at radius 1 is 0.781 bits per heavy atom. The van der Waals surface area contributed by atoms with E-state index >= 15 is 0 Å². The lowest BCUT2D eigenvalue weighted by atomic mass is 9.73. The molecule has 1 aliphatic heterocycles. The van der Waals surface area contributed by atoms with Crippen LogP contribution in [0.5, 0.6) is 0 Å². The van der Waals surface area contributed by atoms with Gasteiger partial charge in [-0.2, -0.15) is 0 Å². The molecule has 4 aromatic carbocycles. The second kappa shape index (κ2) is 7.07. The summed E-state index contributed by atoms with van der Waals surface area (Å²) in [6.45, 7) is 4.60. The van der Waals surface area contributed by atoms with E-state index in [0.29, 0.717) is 5.89 Å². The Morgan fingerprint density at radius 3 is 2.09 bits per heavy atom. The molecule has 2 heterocycles. The minimum atomic E-state index is -0.0812. The van der Waals surface area contributed by atoms with E-state index in [0.717, 1.165) is 26.8 Å². The molecule has 0 aliphatic carbocycles. The summed E-state index contributed by atoms with van der Waals surface area (Å²) in [5.74, 6) is 0.610. The van der Waals surface area contributed by atoms with Crippen molar-refractivity contribution in [1.82, 2.24) is 4.98 Å². The number of rotatable bonds is 2. The van der Waals surface area contributed by atoms with Crippen molar-refractivity contribution in [1.29, 1.82) is 0 Å². The Kier molecular flexibility index (Phi) is 4.27. The molecule has 0 saturated heterocycles. The SMILES string of the molecule is CC1(C)c2ccccc2N(c2ccc(Br)c(-c3nc4ccccc4o3)c2)c2ccccc21. The van der Waals surface area contributed by atoms with Crippen molar-refractivity contribution in [3.05, 3.63) is 107 Å². The van der Waals surface area contributed by atoms with Crippen LogP contribution in [-0.2, 0) is 5.41 Å². The van der Waals surface area contributed by atoms with E-state index in [1.807, 2.05) is 24.3 Å². The van der Waals surface area contributed by atoms with Gasteiger partial charge in [-0.1, -0.05) is 62.4 Å². The van der Waals surface area contributed by atoms with Gasteiger partial charge in [0.15, 0.2) is 5.58 Å². The first-order valence-electron chi connectivity index (χ1n) is 10.7. The summed E-state index contributed by atoms with van der Waals surface area (Å²) in [6.07, 6.45) is 0. The number of aromatic nitrogens is 1. The van der Waals surface area contributed by atoms with Gasteiger partial charge in [-0.15, -0.1) is 0 Å². The number of hydrogen-bond donors (Lipinski definition) is 0. The third-order valence-electron chi connectivity index (χ3n) is 6.37. The molecule has 0 unspecified atom stereocenters. The lowest BCUT2D eigenvalue weighted by Gasteiger charge is -2.42. The van der Waals surface area contributed by atoms with Crippen molar-refractivity contribution in [2.75, 3.05) is 4.90 Å². The molecule has 0 atom stereocenters. The van der Waals surface area contributed by atoms with Crippen molar-refractivity contribution in [3.63, 3.8) is 0 Å². The van der Waals surface area contributed by atoms with Gasteiger partial charge in [0.2, 0.25) is 5.89 Å². The molecule has 0 N–H and O–H groups in total. The lowest BCUT2D eigenvalue weighted by molar-refractivity contribution is 0.619. The van der Waals surface area contributed by atoms with Crippen LogP contribution in [0.4, 0.5) is 17.1 Å². The van der Waals surface area contributed by atoms with E-state index in [4.69, 9.17) is 9.40 Å². The van der Waals surface area contributed by atoms with Gasteiger partial charge >= 0.3 is 0 Å². The highest BCUT2D eigenvalue weighted by Crippen LogP contribution is 2.52. The smallest absolute Gasteiger partial charge is 0.228 e. The quantitative estimate of drug-likeness (QED) is 0.254. The number of halogens is 1. The van der Waals surface area contributed by atoms with Gasteiger partial charge in [-0.05, 0) is 69.5 Å². The van der Waals surface area contributed by atoms with Crippen molar-refractivity contribution >= 4 is 44.1 Å². The standard InChI is InChI=1S/C28H21BrN2O/c1-28(2)20-9-3-6-12-24(20)31(25-13-7-4-10-21(25)28)18-15-16-22(29)19(17-18)27-30-23-11-5-8-14-26(23)32-27/h3-17H,1-2H3. The minimum Gasteiger partial charge on any atom is -0.436 e. The highest BCUT2D eigenvalue weighted by molar-refractivity contribution is 9.10. The summed E-state index contributed by atoms with van der Waals surface area (Å²) in [5, 5.41) is 0. The van der Waals surface area contributed by atoms with E-state index in [-0.39, 0.29) is 5.41 Å². The first-order chi connectivity index (χ1) is 15.5. The van der Waals surface area contributed by atoms with Crippen LogP contribution in [0.3, 0.4) is 0 Å². The van der Waals surface area contributed by atoms with Gasteiger partial charge < -0.3 is 9.32 Å². The number of para-hydroxylation sites is 4. The lowest BCUT2D eigenvalue weighted by Crippen LogP contribution is -2.30. The molecule has 3 nitrogen and oxygen atoms in total. The molecular formula is C28H21BrN2O. The Hall–Kier alpha value is -3.37. The topological polar surface area (TPSA) is 29.3 Å². The minimum absolute atomic E-state index is 0.0812. The molecule has 32 heavy (non-hydrogen) atoms. The molecule has 0 bridgehead atoms. The predicted octanol–water partition coefficient (Wildman–Crippen LogP) is 8.37. The van der Waals surface area contributed by atoms with Gasteiger partial charge in [0.1, 0.15) is 5.52 Å². The van der Waals surface area contributed by atoms with E-state index in [1.54, 1.807) is 0 Å². The van der Waals surface area contributed by atoms with Crippen molar-refractivity contribution in [2.45, 2.75) is 19.3 Å². The molecule has 0 fully saturated rings. The van der Waals surface area contributed by atoms with Crippen LogP contribution >= 0.6 is 15.9 Å². The number of benzene rings is 4. The van der Waals surface area contributed by atoms with E-state index in [9.17, 15) is 0 Å². The first-order valence-corrected chi connectivity index (χ1v) is 11.5. The average molecular weight is 481 g/mol. The van der Waals surface area contributed by atoms with Gasteiger partial charge in [0.05, 0.1) is 16.9 Å². The fraction of sp³-hybridized carbons (Fsp3) is 0.107. The molecular weight excluding hydrogens is 460 g/mol. The summed E-state index contributed by atoms with van der Waals surface area (Å²) in [5.41, 5.74) is 8.58. The van der Waals surface area contributed by atoms with Crippen molar-refractivity contribution in [3.8, 4) is 11.5 Å². The van der Waals surface area contributed by atoms with Crippen LogP contribution in [0.25, 0.3) is 22.6 Å². The normalized spacial score (nSPS) is 14.3. The van der Waals surface area contributed by atoms with E-state index < -0.39 is 0 Å². The third kappa shape index (κ3) is 2.83. The van der Waals surface area contributed by atoms with Crippen LogP contribution in [0.1, 0.15) is 25.0 Å². The molecule has 0 amide bonds. The largest absolute Gasteiger partial charge is 0.436 e. The Labute approximate surface area is 195 Å².